The van der Waals surface area contributed by atoms with Crippen LogP contribution >= 0.6 is 0 Å². The first kappa shape index (κ1) is 29.6. The first-order valence-electron chi connectivity index (χ1n) is 13.9. The van der Waals surface area contributed by atoms with E-state index in [1.54, 1.807) is 0 Å². The zero-order valence-corrected chi connectivity index (χ0v) is 23.1. The van der Waals surface area contributed by atoms with Gasteiger partial charge < -0.3 is 53.6 Å². The summed E-state index contributed by atoms with van der Waals surface area (Å²) in [6, 6.07) is 5.74. The molecule has 0 amide bonds. The number of rotatable bonds is 10. The minimum absolute atomic E-state index is 0.0315. The summed E-state index contributed by atoms with van der Waals surface area (Å²) in [5, 5.41) is 41.8. The monoisotopic (exact) mass is 568 g/mol. The van der Waals surface area contributed by atoms with Crippen LogP contribution in [0.25, 0.3) is 0 Å². The van der Waals surface area contributed by atoms with Gasteiger partial charge in [-0.05, 0) is 58.4 Å². The molecule has 40 heavy (non-hydrogen) atoms. The van der Waals surface area contributed by atoms with Crippen molar-refractivity contribution in [2.24, 2.45) is 11.8 Å². The van der Waals surface area contributed by atoms with Crippen LogP contribution < -0.4 is 0 Å². The summed E-state index contributed by atoms with van der Waals surface area (Å²) in [6.07, 6.45) is -7.61. The fraction of sp³-hybridized carbons (Fsp3) is 0.750. The zero-order valence-electron chi connectivity index (χ0n) is 23.1. The molecular formula is C28H40O12. The number of fused-ring (bicyclic) bond motifs is 3. The van der Waals surface area contributed by atoms with E-state index >= 15 is 0 Å². The van der Waals surface area contributed by atoms with Crippen molar-refractivity contribution >= 4 is 5.97 Å². The molecule has 0 unspecified atom stereocenters. The molecule has 0 spiro atoms. The van der Waals surface area contributed by atoms with E-state index in [0.29, 0.717) is 6.42 Å². The molecule has 1 aromatic carbocycles. The Bertz CT molecular complexity index is 1020. The second kappa shape index (κ2) is 11.8. The van der Waals surface area contributed by atoms with Crippen molar-refractivity contribution in [1.29, 1.82) is 0 Å². The molecular weight excluding hydrogens is 528 g/mol. The van der Waals surface area contributed by atoms with Crippen LogP contribution in [-0.4, -0.2) is 113 Å². The van der Waals surface area contributed by atoms with E-state index in [-0.39, 0.29) is 49.3 Å². The molecule has 12 nitrogen and oxygen atoms in total. The number of hydrogen-bond acceptors (Lipinski definition) is 12. The highest BCUT2D eigenvalue weighted by Gasteiger charge is 2.77. The Balaban J connectivity index is 1.32. The van der Waals surface area contributed by atoms with Crippen molar-refractivity contribution in [1.82, 2.24) is 0 Å². The lowest BCUT2D eigenvalue weighted by molar-refractivity contribution is -0.362. The summed E-state index contributed by atoms with van der Waals surface area (Å²) >= 11 is 0. The molecule has 1 saturated carbocycles. The van der Waals surface area contributed by atoms with Crippen molar-refractivity contribution in [2.45, 2.75) is 101 Å². The topological polar surface area (TPSA) is 166 Å². The Hall–Kier alpha value is -1.87. The Labute approximate surface area is 233 Å². The van der Waals surface area contributed by atoms with Gasteiger partial charge in [-0.3, -0.25) is 0 Å². The molecule has 11 atom stereocenters. The molecule has 12 heteroatoms. The number of ether oxygens (including phenoxy) is 7. The average Bonchev–Trinajstić information content (AvgIpc) is 3.59. The Morgan fingerprint density at radius 3 is 2.42 bits per heavy atom. The van der Waals surface area contributed by atoms with Crippen LogP contribution in [0.1, 0.15) is 44.5 Å². The third-order valence-electron chi connectivity index (χ3n) is 8.07. The maximum Gasteiger partial charge on any atom is 0.338 e. The van der Waals surface area contributed by atoms with Crippen molar-refractivity contribution in [3.8, 4) is 5.75 Å². The SMILES string of the molecule is CC(C)OC[C@@H]1O[C@H](O[C@@H]2OCC[C@H]3[C@H](OC(=O)c4ccc(O)cc4)[C@@H]4O[C@]4(CO)[C@@H]23)[C@@H](O)[C@H](O)[C@H]1OC(C)C. The van der Waals surface area contributed by atoms with Crippen molar-refractivity contribution in [2.75, 3.05) is 19.8 Å². The summed E-state index contributed by atoms with van der Waals surface area (Å²) in [5.74, 6) is -1.33. The van der Waals surface area contributed by atoms with Gasteiger partial charge in [-0.25, -0.2) is 4.79 Å². The number of aliphatic hydroxyl groups is 3. The first-order chi connectivity index (χ1) is 19.1. The molecule has 5 rings (SSSR count). The molecule has 1 aliphatic carbocycles. The number of carbonyl (C=O) groups is 1. The van der Waals surface area contributed by atoms with Gasteiger partial charge in [-0.15, -0.1) is 0 Å². The summed E-state index contributed by atoms with van der Waals surface area (Å²) < 4.78 is 41.6. The fourth-order valence-electron chi connectivity index (χ4n) is 6.16. The molecule has 4 aliphatic rings. The van der Waals surface area contributed by atoms with Gasteiger partial charge in [0.05, 0.1) is 43.5 Å². The van der Waals surface area contributed by atoms with Crippen molar-refractivity contribution in [3.63, 3.8) is 0 Å². The third-order valence-corrected chi connectivity index (χ3v) is 8.07. The second-order valence-corrected chi connectivity index (χ2v) is 11.5. The number of esters is 1. The summed E-state index contributed by atoms with van der Waals surface area (Å²) in [6.45, 7) is 7.44. The number of epoxide rings is 1. The van der Waals surface area contributed by atoms with Crippen LogP contribution in [0.3, 0.4) is 0 Å². The molecule has 224 valence electrons. The van der Waals surface area contributed by atoms with Gasteiger partial charge in [0.25, 0.3) is 0 Å². The number of benzene rings is 1. The number of aliphatic hydroxyl groups excluding tert-OH is 3. The van der Waals surface area contributed by atoms with Gasteiger partial charge in [0.2, 0.25) is 0 Å². The Morgan fingerprint density at radius 1 is 1.05 bits per heavy atom. The number of phenolic OH excluding ortho intramolecular Hbond substituents is 1. The fourth-order valence-corrected chi connectivity index (χ4v) is 6.16. The highest BCUT2D eigenvalue weighted by molar-refractivity contribution is 5.89. The largest absolute Gasteiger partial charge is 0.508 e. The number of aromatic hydroxyl groups is 1. The molecule has 4 N–H and O–H groups in total. The third kappa shape index (κ3) is 5.61. The lowest BCUT2D eigenvalue weighted by Gasteiger charge is -2.46. The standard InChI is InChI=1S/C28H40O12/c1-13(2)35-11-18-23(36-14(3)4)20(31)21(32)27(37-18)39-26-19-17(9-10-34-26)22(24-28(19,12-29)40-24)38-25(33)15-5-7-16(30)8-6-15/h5-8,13-14,17-24,26-27,29-32H,9-12H2,1-4H3/t17-,18+,19-,20+,21+,22+,23+,24+,26+,27-,28-/m1/s1. The predicted molar refractivity (Wildman–Crippen MR) is 136 cm³/mol. The molecule has 0 aromatic heterocycles. The summed E-state index contributed by atoms with van der Waals surface area (Å²) in [4.78, 5) is 12.9. The molecule has 0 radical (unpaired) electrons. The summed E-state index contributed by atoms with van der Waals surface area (Å²) in [5.41, 5.74) is -0.769. The number of hydrogen-bond donors (Lipinski definition) is 4. The zero-order chi connectivity index (χ0) is 28.8. The van der Waals surface area contributed by atoms with Crippen LogP contribution in [-0.2, 0) is 33.2 Å². The maximum atomic E-state index is 12.9. The van der Waals surface area contributed by atoms with E-state index in [1.807, 2.05) is 27.7 Å². The first-order valence-corrected chi connectivity index (χ1v) is 13.9. The van der Waals surface area contributed by atoms with E-state index in [9.17, 15) is 25.2 Å². The molecule has 3 saturated heterocycles. The summed E-state index contributed by atoms with van der Waals surface area (Å²) in [7, 11) is 0. The van der Waals surface area contributed by atoms with Crippen LogP contribution in [0.15, 0.2) is 24.3 Å². The van der Waals surface area contributed by atoms with Gasteiger partial charge in [0.15, 0.2) is 12.6 Å². The Morgan fingerprint density at radius 2 is 1.77 bits per heavy atom. The van der Waals surface area contributed by atoms with Gasteiger partial charge in [-0.2, -0.15) is 0 Å². The molecule has 3 heterocycles. The van der Waals surface area contributed by atoms with Crippen molar-refractivity contribution in [3.05, 3.63) is 29.8 Å². The van der Waals surface area contributed by atoms with Gasteiger partial charge >= 0.3 is 5.97 Å². The second-order valence-electron chi connectivity index (χ2n) is 11.5. The van der Waals surface area contributed by atoms with E-state index in [4.69, 9.17) is 33.2 Å². The highest BCUT2D eigenvalue weighted by atomic mass is 16.8. The van der Waals surface area contributed by atoms with Crippen LogP contribution in [0.4, 0.5) is 0 Å². The molecule has 0 bridgehead atoms. The van der Waals surface area contributed by atoms with E-state index in [2.05, 4.69) is 0 Å². The lowest BCUT2D eigenvalue weighted by Crippen LogP contribution is -2.62. The quantitative estimate of drug-likeness (QED) is 0.231. The van der Waals surface area contributed by atoms with E-state index in [1.165, 1.54) is 24.3 Å². The van der Waals surface area contributed by atoms with Crippen molar-refractivity contribution < 1.29 is 58.4 Å². The van der Waals surface area contributed by atoms with Crippen LogP contribution in [0.5, 0.6) is 5.75 Å². The number of carbonyl (C=O) groups excluding carboxylic acids is 1. The molecule has 1 aromatic rings. The minimum atomic E-state index is -1.45. The van der Waals surface area contributed by atoms with Crippen LogP contribution in [0.2, 0.25) is 0 Å². The molecule has 3 aliphatic heterocycles. The van der Waals surface area contributed by atoms with Gasteiger partial charge in [0, 0.05) is 5.92 Å². The lowest BCUT2D eigenvalue weighted by atomic mass is 9.83. The minimum Gasteiger partial charge on any atom is -0.508 e. The van der Waals surface area contributed by atoms with Gasteiger partial charge in [-0.1, -0.05) is 0 Å². The number of phenols is 1. The van der Waals surface area contributed by atoms with Crippen LogP contribution in [0, 0.1) is 11.8 Å². The van der Waals surface area contributed by atoms with E-state index in [0.717, 1.165) is 0 Å². The highest BCUT2D eigenvalue weighted by Crippen LogP contribution is 2.61. The Kier molecular flexibility index (Phi) is 8.73. The molecule has 4 fully saturated rings. The normalized spacial score (nSPS) is 40.6. The maximum absolute atomic E-state index is 12.9. The average molecular weight is 569 g/mol. The predicted octanol–water partition coefficient (Wildman–Crippen LogP) is 0.722. The van der Waals surface area contributed by atoms with E-state index < -0.39 is 66.7 Å². The smallest absolute Gasteiger partial charge is 0.338 e. The van der Waals surface area contributed by atoms with Gasteiger partial charge in [0.1, 0.15) is 48.0 Å².